The van der Waals surface area contributed by atoms with E-state index < -0.39 is 29.6 Å². The highest BCUT2D eigenvalue weighted by atomic mass is 16.4. The molecular weight excluding hydrogens is 430 g/mol. The fourth-order valence-corrected chi connectivity index (χ4v) is 6.27. The summed E-state index contributed by atoms with van der Waals surface area (Å²) in [4.78, 5) is 51.5. The smallest absolute Gasteiger partial charge is 0.306 e. The van der Waals surface area contributed by atoms with Crippen molar-refractivity contribution >= 4 is 23.6 Å². The molecule has 0 bridgehead atoms. The van der Waals surface area contributed by atoms with Crippen LogP contribution >= 0.6 is 0 Å². The highest BCUT2D eigenvalue weighted by Crippen LogP contribution is 2.49. The lowest BCUT2D eigenvalue weighted by atomic mass is 9.57. The molecule has 0 aromatic carbocycles. The second-order valence-corrected chi connectivity index (χ2v) is 10.0. The molecule has 1 saturated carbocycles. The first-order valence-corrected chi connectivity index (χ1v) is 12.6. The number of carboxylic acid groups (broad SMARTS) is 1. The summed E-state index contributed by atoms with van der Waals surface area (Å²) < 4.78 is 0. The number of carbonyl (C=O) groups excluding carboxylic acids is 3. The van der Waals surface area contributed by atoms with Crippen LogP contribution in [0.2, 0.25) is 0 Å². The number of imide groups is 1. The van der Waals surface area contributed by atoms with E-state index in [0.29, 0.717) is 19.3 Å². The SMILES string of the molecule is C=C[C@H](CCCCC)C1=C(C(=O)[C@@H]2[C@H]3[C@H](C=C[C@H]2/C=C/C)C[C@H](C(=O)O)C[C@@H]3C)C(=O)NC1=O. The standard InChI is InChI=1S/C28H37NO5/c1-5-8-9-11-17(7-3)23-24(27(32)29-26(23)31)25(30)22-18(10-6-2)12-13-19-15-20(28(33)34)14-16(4)21(19)22/h6-7,10,12-13,16-22H,3,5,8-9,11,14-15H2,1-2,4H3,(H,33,34)(H,29,31,32)/b10-6+/t16-,17+,18+,19+,20+,21+,22-/m0/s1. The number of carboxylic acids is 1. The quantitative estimate of drug-likeness (QED) is 0.211. The molecule has 0 unspecified atom stereocenters. The predicted octanol–water partition coefficient (Wildman–Crippen LogP) is 4.63. The second-order valence-electron chi connectivity index (χ2n) is 10.0. The molecule has 0 saturated heterocycles. The zero-order valence-electron chi connectivity index (χ0n) is 20.5. The molecule has 1 heterocycles. The summed E-state index contributed by atoms with van der Waals surface area (Å²) in [5.41, 5.74) is 0.228. The van der Waals surface area contributed by atoms with E-state index in [1.54, 1.807) is 6.08 Å². The third-order valence-electron chi connectivity index (χ3n) is 7.83. The van der Waals surface area contributed by atoms with Crippen molar-refractivity contribution in [1.29, 1.82) is 0 Å². The third kappa shape index (κ3) is 5.01. The average molecular weight is 468 g/mol. The fraction of sp³-hybridized carbons (Fsp3) is 0.571. The maximum absolute atomic E-state index is 14.1. The molecule has 2 amide bonds. The summed E-state index contributed by atoms with van der Waals surface area (Å²) in [5, 5.41) is 12.0. The topological polar surface area (TPSA) is 101 Å². The number of unbranched alkanes of at least 4 members (excludes halogenated alkanes) is 2. The van der Waals surface area contributed by atoms with Crippen LogP contribution in [-0.2, 0) is 19.2 Å². The van der Waals surface area contributed by atoms with Gasteiger partial charge in [-0.25, -0.2) is 0 Å². The van der Waals surface area contributed by atoms with Gasteiger partial charge in [0.25, 0.3) is 11.8 Å². The van der Waals surface area contributed by atoms with Gasteiger partial charge >= 0.3 is 5.97 Å². The minimum Gasteiger partial charge on any atom is -0.481 e. The van der Waals surface area contributed by atoms with Crippen molar-refractivity contribution in [2.45, 2.75) is 59.3 Å². The molecule has 2 aliphatic carbocycles. The van der Waals surface area contributed by atoms with E-state index in [1.807, 2.05) is 32.1 Å². The van der Waals surface area contributed by atoms with Crippen molar-refractivity contribution in [3.63, 3.8) is 0 Å². The molecule has 0 aromatic heterocycles. The summed E-state index contributed by atoms with van der Waals surface area (Å²) in [7, 11) is 0. The summed E-state index contributed by atoms with van der Waals surface area (Å²) >= 11 is 0. The summed E-state index contributed by atoms with van der Waals surface area (Å²) in [6.07, 6.45) is 14.1. The first-order chi connectivity index (χ1) is 16.2. The minimum atomic E-state index is -0.802. The number of Topliss-reactive ketones (excluding diaryl/α,β-unsaturated/α-hetero) is 1. The lowest BCUT2D eigenvalue weighted by molar-refractivity contribution is -0.145. The Balaban J connectivity index is 2.04. The van der Waals surface area contributed by atoms with Crippen LogP contribution in [0.1, 0.15) is 59.3 Å². The molecule has 1 fully saturated rings. The van der Waals surface area contributed by atoms with E-state index in [4.69, 9.17) is 0 Å². The van der Waals surface area contributed by atoms with Gasteiger partial charge in [0.2, 0.25) is 0 Å². The fourth-order valence-electron chi connectivity index (χ4n) is 6.27. The number of nitrogens with one attached hydrogen (secondary N) is 1. The van der Waals surface area contributed by atoms with Crippen LogP contribution in [0.5, 0.6) is 0 Å². The van der Waals surface area contributed by atoms with E-state index >= 15 is 0 Å². The Bertz CT molecular complexity index is 942. The Morgan fingerprint density at radius 2 is 1.94 bits per heavy atom. The van der Waals surface area contributed by atoms with Gasteiger partial charge in [0.05, 0.1) is 11.5 Å². The number of amides is 2. The van der Waals surface area contributed by atoms with Gasteiger partial charge < -0.3 is 5.11 Å². The number of ketones is 1. The highest BCUT2D eigenvalue weighted by Gasteiger charge is 2.50. The van der Waals surface area contributed by atoms with E-state index in [2.05, 4.69) is 24.9 Å². The second kappa shape index (κ2) is 11.1. The maximum Gasteiger partial charge on any atom is 0.306 e. The number of allylic oxidation sites excluding steroid dienone is 5. The predicted molar refractivity (Wildman–Crippen MR) is 130 cm³/mol. The van der Waals surface area contributed by atoms with E-state index in [0.717, 1.165) is 19.3 Å². The van der Waals surface area contributed by atoms with Crippen molar-refractivity contribution < 1.29 is 24.3 Å². The highest BCUT2D eigenvalue weighted by molar-refractivity contribution is 6.33. The van der Waals surface area contributed by atoms with Crippen molar-refractivity contribution in [3.8, 4) is 0 Å². The molecule has 0 radical (unpaired) electrons. The van der Waals surface area contributed by atoms with Crippen LogP contribution in [-0.4, -0.2) is 28.7 Å². The van der Waals surface area contributed by atoms with E-state index in [-0.39, 0.29) is 46.5 Å². The van der Waals surface area contributed by atoms with Crippen LogP contribution in [0.25, 0.3) is 0 Å². The van der Waals surface area contributed by atoms with Gasteiger partial charge in [0.1, 0.15) is 0 Å². The first kappa shape index (κ1) is 25.9. The van der Waals surface area contributed by atoms with E-state index in [9.17, 15) is 24.3 Å². The van der Waals surface area contributed by atoms with Crippen molar-refractivity contribution in [1.82, 2.24) is 5.32 Å². The number of fused-ring (bicyclic) bond motifs is 1. The molecule has 6 nitrogen and oxygen atoms in total. The average Bonchev–Trinajstić information content (AvgIpc) is 3.09. The van der Waals surface area contributed by atoms with Crippen LogP contribution in [0.4, 0.5) is 0 Å². The number of hydrogen-bond acceptors (Lipinski definition) is 4. The first-order valence-electron chi connectivity index (χ1n) is 12.6. The Kier molecular flexibility index (Phi) is 8.45. The Morgan fingerprint density at radius 1 is 1.21 bits per heavy atom. The Labute approximate surface area is 202 Å². The molecule has 3 rings (SSSR count). The van der Waals surface area contributed by atoms with Crippen LogP contribution in [0, 0.1) is 41.4 Å². The largest absolute Gasteiger partial charge is 0.481 e. The molecule has 34 heavy (non-hydrogen) atoms. The number of rotatable bonds is 10. The Hall–Kier alpha value is -2.76. The molecule has 3 aliphatic rings. The number of carbonyl (C=O) groups is 4. The van der Waals surface area contributed by atoms with Gasteiger partial charge in [0, 0.05) is 23.3 Å². The number of hydrogen-bond donors (Lipinski definition) is 2. The minimum absolute atomic E-state index is 0.00419. The van der Waals surface area contributed by atoms with Crippen molar-refractivity contribution in [2.24, 2.45) is 41.4 Å². The van der Waals surface area contributed by atoms with E-state index in [1.165, 1.54) is 0 Å². The van der Waals surface area contributed by atoms with Gasteiger partial charge in [-0.3, -0.25) is 24.5 Å². The van der Waals surface area contributed by atoms with Gasteiger partial charge in [-0.15, -0.1) is 6.58 Å². The molecule has 1 aliphatic heterocycles. The third-order valence-corrected chi connectivity index (χ3v) is 7.83. The molecule has 0 spiro atoms. The van der Waals surface area contributed by atoms with Crippen molar-refractivity contribution in [3.05, 3.63) is 48.1 Å². The number of aliphatic carboxylic acids is 1. The van der Waals surface area contributed by atoms with Gasteiger partial charge in [-0.2, -0.15) is 0 Å². The molecule has 0 aromatic rings. The lowest BCUT2D eigenvalue weighted by Crippen LogP contribution is -2.45. The van der Waals surface area contributed by atoms with Gasteiger partial charge in [0.15, 0.2) is 5.78 Å². The molecule has 184 valence electrons. The Morgan fingerprint density at radius 3 is 2.56 bits per heavy atom. The van der Waals surface area contributed by atoms with Crippen molar-refractivity contribution in [2.75, 3.05) is 0 Å². The molecule has 2 N–H and O–H groups in total. The lowest BCUT2D eigenvalue weighted by Gasteiger charge is -2.46. The summed E-state index contributed by atoms with van der Waals surface area (Å²) in [5.74, 6) is -3.88. The maximum atomic E-state index is 14.1. The molecule has 6 heteroatoms. The van der Waals surface area contributed by atoms with Crippen LogP contribution in [0.15, 0.2) is 48.1 Å². The van der Waals surface area contributed by atoms with Crippen LogP contribution < -0.4 is 5.32 Å². The normalized spacial score (nSPS) is 32.0. The zero-order chi connectivity index (χ0) is 25.0. The molecule has 7 atom stereocenters. The zero-order valence-corrected chi connectivity index (χ0v) is 20.5. The van der Waals surface area contributed by atoms with Gasteiger partial charge in [-0.1, -0.05) is 63.5 Å². The molecular formula is C28H37NO5. The monoisotopic (exact) mass is 467 g/mol. The van der Waals surface area contributed by atoms with Crippen LogP contribution in [0.3, 0.4) is 0 Å². The van der Waals surface area contributed by atoms with Gasteiger partial charge in [-0.05, 0) is 43.9 Å². The summed E-state index contributed by atoms with van der Waals surface area (Å²) in [6, 6.07) is 0. The summed E-state index contributed by atoms with van der Waals surface area (Å²) in [6.45, 7) is 9.88.